The maximum Gasteiger partial charge on any atom is 0.289 e. The summed E-state index contributed by atoms with van der Waals surface area (Å²) in [6.45, 7) is 1.14. The van der Waals surface area contributed by atoms with Crippen LogP contribution in [0.15, 0.2) is 89.5 Å². The SMILES string of the molecule is COc1ccc(CN(CC[C@@H](c2ccc3c(c2)OCO3)c2ccccc2OC)C(=O)c2ccco2)cc1. The number of fused-ring (bicyclic) bond motifs is 1. The molecular weight excluding hydrogens is 470 g/mol. The Hall–Kier alpha value is -4.39. The van der Waals surface area contributed by atoms with Gasteiger partial charge in [0.25, 0.3) is 5.91 Å². The molecule has 1 atom stereocenters. The normalized spacial score (nSPS) is 12.7. The van der Waals surface area contributed by atoms with Crippen molar-refractivity contribution in [3.8, 4) is 23.0 Å². The lowest BCUT2D eigenvalue weighted by Crippen LogP contribution is -2.32. The second-order valence-electron chi connectivity index (χ2n) is 8.75. The van der Waals surface area contributed by atoms with Crippen molar-refractivity contribution >= 4 is 5.91 Å². The number of amides is 1. The van der Waals surface area contributed by atoms with Gasteiger partial charge in [0.15, 0.2) is 17.3 Å². The van der Waals surface area contributed by atoms with E-state index in [9.17, 15) is 4.79 Å². The van der Waals surface area contributed by atoms with Crippen LogP contribution < -0.4 is 18.9 Å². The minimum absolute atomic E-state index is 0.0478. The molecule has 5 rings (SSSR count). The van der Waals surface area contributed by atoms with Crippen LogP contribution >= 0.6 is 0 Å². The molecule has 1 aliphatic heterocycles. The van der Waals surface area contributed by atoms with Crippen LogP contribution in [0.25, 0.3) is 0 Å². The van der Waals surface area contributed by atoms with Crippen LogP contribution in [0, 0.1) is 0 Å². The van der Waals surface area contributed by atoms with Crippen LogP contribution in [0.2, 0.25) is 0 Å². The van der Waals surface area contributed by atoms with E-state index in [0.29, 0.717) is 25.3 Å². The standard InChI is InChI=1S/C30H29NO6/c1-33-23-12-9-21(10-13-23)19-31(30(32)28-8-5-17-35-28)16-15-24(25-6-3-4-7-26(25)34-2)22-11-14-27-29(18-22)37-20-36-27/h3-14,17-18,24H,15-16,19-20H2,1-2H3/t24-/m0/s1. The van der Waals surface area contributed by atoms with Gasteiger partial charge in [0.1, 0.15) is 11.5 Å². The Kier molecular flexibility index (Phi) is 7.31. The largest absolute Gasteiger partial charge is 0.497 e. The number of carbonyl (C=O) groups excluding carboxylic acids is 1. The summed E-state index contributed by atoms with van der Waals surface area (Å²) in [5.41, 5.74) is 3.10. The van der Waals surface area contributed by atoms with Crippen molar-refractivity contribution in [1.29, 1.82) is 0 Å². The third-order valence-corrected chi connectivity index (χ3v) is 6.55. The number of hydrogen-bond acceptors (Lipinski definition) is 6. The number of ether oxygens (including phenoxy) is 4. The molecule has 7 nitrogen and oxygen atoms in total. The van der Waals surface area contributed by atoms with Gasteiger partial charge in [-0.05, 0) is 60.0 Å². The average molecular weight is 500 g/mol. The smallest absolute Gasteiger partial charge is 0.289 e. The van der Waals surface area contributed by atoms with E-state index in [-0.39, 0.29) is 18.6 Å². The van der Waals surface area contributed by atoms with Crippen molar-refractivity contribution in [3.63, 3.8) is 0 Å². The fourth-order valence-corrected chi connectivity index (χ4v) is 4.63. The molecule has 2 heterocycles. The van der Waals surface area contributed by atoms with Crippen LogP contribution in [0.1, 0.15) is 39.6 Å². The van der Waals surface area contributed by atoms with Gasteiger partial charge in [0, 0.05) is 24.6 Å². The summed E-state index contributed by atoms with van der Waals surface area (Å²) in [5, 5.41) is 0. The lowest BCUT2D eigenvalue weighted by atomic mass is 9.87. The van der Waals surface area contributed by atoms with Crippen molar-refractivity contribution in [3.05, 3.63) is 108 Å². The van der Waals surface area contributed by atoms with Gasteiger partial charge in [-0.1, -0.05) is 36.4 Å². The summed E-state index contributed by atoms with van der Waals surface area (Å²) < 4.78 is 27.6. The summed E-state index contributed by atoms with van der Waals surface area (Å²) in [6.07, 6.45) is 2.17. The minimum atomic E-state index is -0.162. The van der Waals surface area contributed by atoms with E-state index in [1.165, 1.54) is 6.26 Å². The molecule has 0 bridgehead atoms. The summed E-state index contributed by atoms with van der Waals surface area (Å²) >= 11 is 0. The van der Waals surface area contributed by atoms with Crippen molar-refractivity contribution in [1.82, 2.24) is 4.90 Å². The first-order valence-corrected chi connectivity index (χ1v) is 12.1. The molecule has 3 aromatic carbocycles. The molecule has 0 saturated heterocycles. The maximum absolute atomic E-state index is 13.4. The molecule has 37 heavy (non-hydrogen) atoms. The number of benzene rings is 3. The van der Waals surface area contributed by atoms with E-state index in [1.54, 1.807) is 26.4 Å². The molecule has 0 radical (unpaired) electrons. The molecule has 0 spiro atoms. The van der Waals surface area contributed by atoms with Crippen LogP contribution in [-0.2, 0) is 6.54 Å². The molecule has 0 saturated carbocycles. The highest BCUT2D eigenvalue weighted by atomic mass is 16.7. The molecule has 1 aliphatic rings. The fraction of sp³-hybridized carbons (Fsp3) is 0.233. The van der Waals surface area contributed by atoms with Gasteiger partial charge < -0.3 is 28.3 Å². The number of furan rings is 1. The van der Waals surface area contributed by atoms with Gasteiger partial charge in [0.2, 0.25) is 6.79 Å². The van der Waals surface area contributed by atoms with Crippen LogP contribution in [0.4, 0.5) is 0 Å². The Labute approximate surface area is 216 Å². The molecule has 190 valence electrons. The highest BCUT2D eigenvalue weighted by Gasteiger charge is 2.25. The average Bonchev–Trinajstić information content (AvgIpc) is 3.65. The van der Waals surface area contributed by atoms with Crippen LogP contribution in [0.3, 0.4) is 0 Å². The van der Waals surface area contributed by atoms with Crippen molar-refractivity contribution in [2.24, 2.45) is 0 Å². The molecule has 7 heteroatoms. The lowest BCUT2D eigenvalue weighted by Gasteiger charge is -2.26. The topological polar surface area (TPSA) is 70.4 Å². The highest BCUT2D eigenvalue weighted by Crippen LogP contribution is 2.40. The van der Waals surface area contributed by atoms with E-state index in [0.717, 1.165) is 39.7 Å². The highest BCUT2D eigenvalue weighted by molar-refractivity contribution is 5.91. The Bertz CT molecular complexity index is 1330. The van der Waals surface area contributed by atoms with E-state index < -0.39 is 0 Å². The minimum Gasteiger partial charge on any atom is -0.497 e. The maximum atomic E-state index is 13.4. The molecule has 0 aliphatic carbocycles. The first-order valence-electron chi connectivity index (χ1n) is 12.1. The zero-order valence-corrected chi connectivity index (χ0v) is 20.9. The molecule has 0 fully saturated rings. The molecule has 1 amide bonds. The van der Waals surface area contributed by atoms with Crippen molar-refractivity contribution in [2.75, 3.05) is 27.6 Å². The van der Waals surface area contributed by atoms with Gasteiger partial charge in [-0.15, -0.1) is 0 Å². The molecule has 0 N–H and O–H groups in total. The predicted molar refractivity (Wildman–Crippen MR) is 138 cm³/mol. The van der Waals surface area contributed by atoms with Gasteiger partial charge in [0.05, 0.1) is 20.5 Å². The third kappa shape index (κ3) is 5.40. The Morgan fingerprint density at radius 1 is 0.919 bits per heavy atom. The summed E-state index contributed by atoms with van der Waals surface area (Å²) in [7, 11) is 3.31. The van der Waals surface area contributed by atoms with E-state index in [4.69, 9.17) is 23.4 Å². The number of nitrogens with zero attached hydrogens (tertiary/aromatic N) is 1. The third-order valence-electron chi connectivity index (χ3n) is 6.55. The number of rotatable bonds is 10. The first-order chi connectivity index (χ1) is 18.2. The van der Waals surface area contributed by atoms with E-state index >= 15 is 0 Å². The van der Waals surface area contributed by atoms with Gasteiger partial charge in [-0.25, -0.2) is 0 Å². The van der Waals surface area contributed by atoms with Crippen molar-refractivity contribution < 1.29 is 28.2 Å². The zero-order valence-electron chi connectivity index (χ0n) is 20.9. The number of carbonyl (C=O) groups is 1. The number of methoxy groups -OCH3 is 2. The zero-order chi connectivity index (χ0) is 25.6. The molecular formula is C30H29NO6. The van der Waals surface area contributed by atoms with Gasteiger partial charge in [-0.2, -0.15) is 0 Å². The monoisotopic (exact) mass is 499 g/mol. The summed E-state index contributed by atoms with van der Waals surface area (Å²) in [5.74, 6) is 3.12. The van der Waals surface area contributed by atoms with Crippen molar-refractivity contribution in [2.45, 2.75) is 18.9 Å². The van der Waals surface area contributed by atoms with Gasteiger partial charge in [-0.3, -0.25) is 4.79 Å². The fourth-order valence-electron chi connectivity index (χ4n) is 4.63. The number of para-hydroxylation sites is 1. The quantitative estimate of drug-likeness (QED) is 0.271. The van der Waals surface area contributed by atoms with Gasteiger partial charge >= 0.3 is 0 Å². The lowest BCUT2D eigenvalue weighted by molar-refractivity contribution is 0.0707. The Balaban J connectivity index is 1.45. The second-order valence-corrected chi connectivity index (χ2v) is 8.75. The van der Waals surface area contributed by atoms with Crippen LogP contribution in [0.5, 0.6) is 23.0 Å². The van der Waals surface area contributed by atoms with E-state index in [1.807, 2.05) is 65.6 Å². The first kappa shape index (κ1) is 24.3. The summed E-state index contributed by atoms with van der Waals surface area (Å²) in [6, 6.07) is 25.1. The number of hydrogen-bond donors (Lipinski definition) is 0. The second kappa shape index (κ2) is 11.1. The molecule has 4 aromatic rings. The van der Waals surface area contributed by atoms with E-state index in [2.05, 4.69) is 6.07 Å². The Morgan fingerprint density at radius 2 is 1.73 bits per heavy atom. The van der Waals surface area contributed by atoms with Crippen LogP contribution in [-0.4, -0.2) is 38.4 Å². The Morgan fingerprint density at radius 3 is 2.49 bits per heavy atom. The molecule has 0 unspecified atom stereocenters. The predicted octanol–water partition coefficient (Wildman–Crippen LogP) is 5.89. The molecule has 1 aromatic heterocycles. The summed E-state index contributed by atoms with van der Waals surface area (Å²) in [4.78, 5) is 15.3.